The summed E-state index contributed by atoms with van der Waals surface area (Å²) >= 11 is 0. The van der Waals surface area contributed by atoms with E-state index in [2.05, 4.69) is 22.8 Å². The third kappa shape index (κ3) is 12.4. The third-order valence-electron chi connectivity index (χ3n) is 6.44. The van der Waals surface area contributed by atoms with E-state index in [4.69, 9.17) is 14.5 Å². The average Bonchev–Trinajstić information content (AvgIpc) is 2.94. The molecule has 0 aliphatic carbocycles. The Bertz CT molecular complexity index is 1040. The number of rotatable bonds is 17. The summed E-state index contributed by atoms with van der Waals surface area (Å²) in [5.74, 6) is -0.210. The molecule has 1 aliphatic rings. The Kier molecular flexibility index (Phi) is 15.2. The number of carboxylic acids is 1. The molecule has 9 nitrogen and oxygen atoms in total. The Morgan fingerprint density at radius 1 is 1.10 bits per heavy atom. The molecule has 1 atom stereocenters. The monoisotopic (exact) mass is 584 g/mol. The number of fused-ring (bicyclic) bond motifs is 1. The minimum absolute atomic E-state index is 0. The number of pyridine rings is 1. The molecular formula is C28H39ClF2N4O5. The van der Waals surface area contributed by atoms with Crippen LogP contribution < -0.4 is 10.6 Å². The highest BCUT2D eigenvalue weighted by Crippen LogP contribution is 2.20. The number of hydrogen-bond acceptors (Lipinski definition) is 7. The number of amides is 1. The van der Waals surface area contributed by atoms with Gasteiger partial charge in [0.2, 0.25) is 0 Å². The number of aromatic nitrogens is 1. The van der Waals surface area contributed by atoms with Gasteiger partial charge in [0.25, 0.3) is 6.43 Å². The predicted molar refractivity (Wildman–Crippen MR) is 150 cm³/mol. The quantitative estimate of drug-likeness (QED) is 0.232. The lowest BCUT2D eigenvalue weighted by molar-refractivity contribution is -0.139. The first-order valence-corrected chi connectivity index (χ1v) is 13.4. The first-order chi connectivity index (χ1) is 18.9. The van der Waals surface area contributed by atoms with Crippen molar-refractivity contribution in [2.75, 3.05) is 44.7 Å². The van der Waals surface area contributed by atoms with E-state index >= 15 is 0 Å². The van der Waals surface area contributed by atoms with Crippen molar-refractivity contribution in [2.45, 2.75) is 57.6 Å². The molecule has 222 valence electrons. The Labute approximate surface area is 240 Å². The molecule has 0 bridgehead atoms. The van der Waals surface area contributed by atoms with E-state index in [1.165, 1.54) is 5.56 Å². The van der Waals surface area contributed by atoms with Crippen molar-refractivity contribution < 1.29 is 33.0 Å². The predicted octanol–water partition coefficient (Wildman–Crippen LogP) is 4.54. The Morgan fingerprint density at radius 2 is 1.90 bits per heavy atom. The first kappa shape index (κ1) is 33.2. The van der Waals surface area contributed by atoms with Crippen LogP contribution >= 0.6 is 12.4 Å². The molecule has 3 N–H and O–H groups in total. The van der Waals surface area contributed by atoms with Crippen LogP contribution in [-0.2, 0) is 33.7 Å². The molecule has 0 saturated heterocycles. The zero-order chi connectivity index (χ0) is 27.9. The summed E-state index contributed by atoms with van der Waals surface area (Å²) in [5.41, 5.74) is 3.04. The summed E-state index contributed by atoms with van der Waals surface area (Å²) in [6.07, 6.45) is 1.40. The molecule has 1 amide bonds. The van der Waals surface area contributed by atoms with Crippen LogP contribution in [-0.4, -0.2) is 78.9 Å². The van der Waals surface area contributed by atoms with Crippen molar-refractivity contribution >= 4 is 30.3 Å². The summed E-state index contributed by atoms with van der Waals surface area (Å²) in [6.45, 7) is 1.77. The molecule has 0 radical (unpaired) electrons. The number of alkyl halides is 2. The van der Waals surface area contributed by atoms with Gasteiger partial charge in [0, 0.05) is 25.3 Å². The number of unbranched alkanes of at least 4 members (excludes halogenated alkanes) is 1. The number of carbonyl (C=O) groups excluding carboxylic acids is 1. The maximum Gasteiger partial charge on any atom is 0.408 e. The molecule has 1 aliphatic heterocycles. The van der Waals surface area contributed by atoms with Crippen LogP contribution in [0.15, 0.2) is 42.5 Å². The number of ether oxygens (including phenoxy) is 2. The number of hydrogen-bond donors (Lipinski definition) is 3. The molecule has 1 unspecified atom stereocenters. The van der Waals surface area contributed by atoms with Crippen molar-refractivity contribution in [1.29, 1.82) is 0 Å². The van der Waals surface area contributed by atoms with E-state index in [-0.39, 0.29) is 32.0 Å². The van der Waals surface area contributed by atoms with E-state index in [0.29, 0.717) is 19.6 Å². The van der Waals surface area contributed by atoms with Crippen molar-refractivity contribution in [3.63, 3.8) is 0 Å². The maximum absolute atomic E-state index is 12.4. The second-order valence-corrected chi connectivity index (χ2v) is 9.49. The fraction of sp³-hybridized carbons (Fsp3) is 0.536. The lowest BCUT2D eigenvalue weighted by atomic mass is 10.1. The van der Waals surface area contributed by atoms with Gasteiger partial charge in [0.1, 0.15) is 25.1 Å². The highest BCUT2D eigenvalue weighted by atomic mass is 35.5. The molecule has 3 rings (SSSR count). The van der Waals surface area contributed by atoms with Gasteiger partial charge >= 0.3 is 12.1 Å². The summed E-state index contributed by atoms with van der Waals surface area (Å²) in [6, 6.07) is 12.1. The number of nitrogens with one attached hydrogen (secondary N) is 2. The Hall–Kier alpha value is -3.02. The van der Waals surface area contributed by atoms with Gasteiger partial charge in [-0.15, -0.1) is 12.4 Å². The van der Waals surface area contributed by atoms with Crippen LogP contribution in [0.3, 0.4) is 0 Å². The normalized spacial score (nSPS) is 13.2. The van der Waals surface area contributed by atoms with Crippen molar-refractivity contribution in [3.05, 3.63) is 59.3 Å². The number of aliphatic carboxylic acids is 1. The molecule has 2 aromatic rings. The number of carboxylic acid groups (broad SMARTS) is 1. The maximum atomic E-state index is 12.4. The zero-order valence-electron chi connectivity index (χ0n) is 22.5. The molecule has 1 aromatic carbocycles. The van der Waals surface area contributed by atoms with Gasteiger partial charge in [-0.05, 0) is 62.3 Å². The standard InChI is InChI=1S/C28H38F2N4O5.ClH/c29-25(30)20-38-18-17-34(15-5-4-10-23-12-11-22-9-6-14-31-26(22)32-23)16-13-24(27(35)36)33-28(37)39-19-21-7-2-1-3-8-21;/h1-3,7-8,11-12,24-25H,4-6,9-10,13-20H2,(H,31,32)(H,33,37)(H,35,36);1H. The number of carbonyl (C=O) groups is 2. The molecule has 12 heteroatoms. The molecule has 0 fully saturated rings. The molecule has 1 aromatic heterocycles. The molecule has 2 heterocycles. The highest BCUT2D eigenvalue weighted by Gasteiger charge is 2.22. The van der Waals surface area contributed by atoms with E-state index in [1.54, 1.807) is 12.1 Å². The summed E-state index contributed by atoms with van der Waals surface area (Å²) in [5, 5.41) is 15.4. The highest BCUT2D eigenvalue weighted by molar-refractivity contribution is 5.85. The number of aryl methyl sites for hydroxylation is 2. The topological polar surface area (TPSA) is 113 Å². The number of benzene rings is 1. The smallest absolute Gasteiger partial charge is 0.408 e. The molecule has 0 saturated carbocycles. The lowest BCUT2D eigenvalue weighted by Crippen LogP contribution is -2.43. The molecule has 40 heavy (non-hydrogen) atoms. The van der Waals surface area contributed by atoms with Crippen LogP contribution in [0, 0.1) is 0 Å². The molecular weight excluding hydrogens is 546 g/mol. The van der Waals surface area contributed by atoms with Gasteiger partial charge in [-0.3, -0.25) is 0 Å². The summed E-state index contributed by atoms with van der Waals surface area (Å²) in [7, 11) is 0. The fourth-order valence-corrected chi connectivity index (χ4v) is 4.33. The Morgan fingerprint density at radius 3 is 2.65 bits per heavy atom. The van der Waals surface area contributed by atoms with Gasteiger partial charge in [-0.25, -0.2) is 23.4 Å². The average molecular weight is 585 g/mol. The van der Waals surface area contributed by atoms with Gasteiger partial charge in [0.15, 0.2) is 0 Å². The van der Waals surface area contributed by atoms with Gasteiger partial charge < -0.3 is 30.1 Å². The number of anilines is 1. The van der Waals surface area contributed by atoms with Crippen molar-refractivity contribution in [2.24, 2.45) is 0 Å². The van der Waals surface area contributed by atoms with E-state index < -0.39 is 31.1 Å². The van der Waals surface area contributed by atoms with Crippen LogP contribution in [0.5, 0.6) is 0 Å². The lowest BCUT2D eigenvalue weighted by Gasteiger charge is -2.24. The molecule has 0 spiro atoms. The number of halogens is 3. The first-order valence-electron chi connectivity index (χ1n) is 13.4. The van der Waals surface area contributed by atoms with Crippen LogP contribution in [0.4, 0.5) is 19.4 Å². The van der Waals surface area contributed by atoms with Crippen molar-refractivity contribution in [1.82, 2.24) is 15.2 Å². The Balaban J connectivity index is 0.00000560. The van der Waals surface area contributed by atoms with E-state index in [1.807, 2.05) is 23.1 Å². The minimum atomic E-state index is -2.54. The second kappa shape index (κ2) is 18.4. The summed E-state index contributed by atoms with van der Waals surface area (Å²) in [4.78, 5) is 30.6. The zero-order valence-corrected chi connectivity index (χ0v) is 23.3. The minimum Gasteiger partial charge on any atom is -0.480 e. The van der Waals surface area contributed by atoms with Gasteiger partial charge in [0.05, 0.1) is 6.61 Å². The van der Waals surface area contributed by atoms with E-state index in [9.17, 15) is 23.5 Å². The van der Waals surface area contributed by atoms with Crippen LogP contribution in [0.25, 0.3) is 0 Å². The third-order valence-corrected chi connectivity index (χ3v) is 6.44. The summed E-state index contributed by atoms with van der Waals surface area (Å²) < 4.78 is 35.1. The number of nitrogens with zero attached hydrogens (tertiary/aromatic N) is 2. The van der Waals surface area contributed by atoms with Crippen molar-refractivity contribution in [3.8, 4) is 0 Å². The SMILES string of the molecule is Cl.O=C(NC(CCN(CCCCc1ccc2c(n1)NCCC2)CCOCC(F)F)C(=O)O)OCc1ccccc1. The largest absolute Gasteiger partial charge is 0.480 e. The van der Waals surface area contributed by atoms with Gasteiger partial charge in [-0.2, -0.15) is 0 Å². The van der Waals surface area contributed by atoms with Crippen LogP contribution in [0.1, 0.15) is 42.5 Å². The fourth-order valence-electron chi connectivity index (χ4n) is 4.33. The number of alkyl carbamates (subject to hydrolysis) is 1. The van der Waals surface area contributed by atoms with Gasteiger partial charge in [-0.1, -0.05) is 36.4 Å². The second-order valence-electron chi connectivity index (χ2n) is 9.49. The van der Waals surface area contributed by atoms with E-state index in [0.717, 1.165) is 55.7 Å². The van der Waals surface area contributed by atoms with Crippen LogP contribution in [0.2, 0.25) is 0 Å².